The van der Waals surface area contributed by atoms with E-state index in [1.54, 1.807) is 24.3 Å². The molecule has 20 heavy (non-hydrogen) atoms. The smallest absolute Gasteiger partial charge is 0.255 e. The van der Waals surface area contributed by atoms with Gasteiger partial charge in [0, 0.05) is 21.3 Å². The summed E-state index contributed by atoms with van der Waals surface area (Å²) in [5, 5.41) is 3.60. The fourth-order valence-corrected chi connectivity index (χ4v) is 2.13. The molecule has 2 aromatic rings. The standard InChI is InChI=1S/C14H12Cl2N2O2/c1-20-13-3-2-9(15)7-12(13)18-14(19)8-4-10(16)6-11(17)5-8/h2-7H,17H2,1H3,(H,18,19). The van der Waals surface area contributed by atoms with Crippen LogP contribution in [-0.2, 0) is 0 Å². The lowest BCUT2D eigenvalue weighted by Gasteiger charge is -2.11. The predicted octanol–water partition coefficient (Wildman–Crippen LogP) is 3.84. The summed E-state index contributed by atoms with van der Waals surface area (Å²) in [5.74, 6) is 0.164. The Morgan fingerprint density at radius 3 is 2.55 bits per heavy atom. The largest absolute Gasteiger partial charge is 0.495 e. The topological polar surface area (TPSA) is 64.3 Å². The maximum atomic E-state index is 12.2. The third-order valence-electron chi connectivity index (χ3n) is 2.59. The Hall–Kier alpha value is -1.91. The minimum absolute atomic E-state index is 0.347. The van der Waals surface area contributed by atoms with E-state index in [9.17, 15) is 4.79 Å². The zero-order valence-electron chi connectivity index (χ0n) is 10.6. The highest BCUT2D eigenvalue weighted by molar-refractivity contribution is 6.31. The number of anilines is 2. The quantitative estimate of drug-likeness (QED) is 0.847. The number of hydrogen-bond acceptors (Lipinski definition) is 3. The zero-order valence-corrected chi connectivity index (χ0v) is 12.1. The Labute approximate surface area is 126 Å². The number of ether oxygens (including phenoxy) is 1. The molecule has 0 unspecified atom stereocenters. The van der Waals surface area contributed by atoms with Crippen LogP contribution in [-0.4, -0.2) is 13.0 Å². The number of halogens is 2. The van der Waals surface area contributed by atoms with E-state index in [2.05, 4.69) is 5.32 Å². The van der Waals surface area contributed by atoms with Crippen molar-refractivity contribution in [2.45, 2.75) is 0 Å². The van der Waals surface area contributed by atoms with Gasteiger partial charge in [0.05, 0.1) is 12.8 Å². The van der Waals surface area contributed by atoms with E-state index in [-0.39, 0.29) is 5.91 Å². The molecule has 0 fully saturated rings. The molecule has 0 radical (unpaired) electrons. The van der Waals surface area contributed by atoms with E-state index >= 15 is 0 Å². The summed E-state index contributed by atoms with van der Waals surface area (Å²) in [6.45, 7) is 0. The zero-order chi connectivity index (χ0) is 14.7. The van der Waals surface area contributed by atoms with Crippen LogP contribution < -0.4 is 15.8 Å². The molecule has 0 aromatic heterocycles. The monoisotopic (exact) mass is 310 g/mol. The van der Waals surface area contributed by atoms with Gasteiger partial charge in [-0.2, -0.15) is 0 Å². The lowest BCUT2D eigenvalue weighted by atomic mass is 10.2. The van der Waals surface area contributed by atoms with Crippen LogP contribution in [0.25, 0.3) is 0 Å². The molecule has 6 heteroatoms. The minimum Gasteiger partial charge on any atom is -0.495 e. The molecule has 0 spiro atoms. The van der Waals surface area contributed by atoms with Crippen LogP contribution in [0.2, 0.25) is 10.0 Å². The van der Waals surface area contributed by atoms with Crippen molar-refractivity contribution in [3.63, 3.8) is 0 Å². The second-order valence-electron chi connectivity index (χ2n) is 4.07. The molecule has 2 aromatic carbocycles. The molecule has 104 valence electrons. The number of amides is 1. The molecule has 0 aliphatic heterocycles. The summed E-state index contributed by atoms with van der Waals surface area (Å²) >= 11 is 11.8. The minimum atomic E-state index is -0.347. The first-order valence-electron chi connectivity index (χ1n) is 5.70. The van der Waals surface area contributed by atoms with Gasteiger partial charge in [0.1, 0.15) is 5.75 Å². The number of nitrogen functional groups attached to an aromatic ring is 1. The molecular formula is C14H12Cl2N2O2. The molecule has 0 bridgehead atoms. The van der Waals surface area contributed by atoms with Gasteiger partial charge in [-0.05, 0) is 36.4 Å². The molecule has 3 N–H and O–H groups in total. The molecule has 0 saturated carbocycles. The van der Waals surface area contributed by atoms with E-state index in [0.29, 0.717) is 32.7 Å². The van der Waals surface area contributed by atoms with Crippen LogP contribution in [0.1, 0.15) is 10.4 Å². The second kappa shape index (κ2) is 6.03. The van der Waals surface area contributed by atoms with E-state index in [1.807, 2.05) is 0 Å². The van der Waals surface area contributed by atoms with Crippen LogP contribution in [0.3, 0.4) is 0 Å². The van der Waals surface area contributed by atoms with E-state index in [1.165, 1.54) is 19.2 Å². The maximum absolute atomic E-state index is 12.2. The molecule has 1 amide bonds. The number of nitrogens with two attached hydrogens (primary N) is 1. The first kappa shape index (κ1) is 14.5. The summed E-state index contributed by atoms with van der Waals surface area (Å²) in [5.41, 5.74) is 6.91. The predicted molar refractivity (Wildman–Crippen MR) is 81.8 cm³/mol. The number of rotatable bonds is 3. The molecule has 4 nitrogen and oxygen atoms in total. The van der Waals surface area contributed by atoms with Gasteiger partial charge in [0.15, 0.2) is 0 Å². The van der Waals surface area contributed by atoms with Gasteiger partial charge in [-0.25, -0.2) is 0 Å². The highest BCUT2D eigenvalue weighted by Gasteiger charge is 2.11. The van der Waals surface area contributed by atoms with Crippen LogP contribution >= 0.6 is 23.2 Å². The normalized spacial score (nSPS) is 10.2. The number of carbonyl (C=O) groups excluding carboxylic acids is 1. The van der Waals surface area contributed by atoms with Crippen molar-refractivity contribution in [1.82, 2.24) is 0 Å². The van der Waals surface area contributed by atoms with Gasteiger partial charge >= 0.3 is 0 Å². The average Bonchev–Trinajstić information content (AvgIpc) is 2.37. The molecule has 0 saturated heterocycles. The van der Waals surface area contributed by atoms with Gasteiger partial charge in [0.2, 0.25) is 0 Å². The van der Waals surface area contributed by atoms with Crippen LogP contribution in [0.15, 0.2) is 36.4 Å². The Morgan fingerprint density at radius 2 is 1.90 bits per heavy atom. The number of hydrogen-bond donors (Lipinski definition) is 2. The molecule has 0 aliphatic rings. The van der Waals surface area contributed by atoms with Crippen molar-refractivity contribution < 1.29 is 9.53 Å². The van der Waals surface area contributed by atoms with Gasteiger partial charge < -0.3 is 15.8 Å². The number of carbonyl (C=O) groups is 1. The van der Waals surface area contributed by atoms with Crippen molar-refractivity contribution >= 4 is 40.5 Å². The maximum Gasteiger partial charge on any atom is 0.255 e. The summed E-state index contributed by atoms with van der Waals surface area (Å²) < 4.78 is 5.16. The highest BCUT2D eigenvalue weighted by atomic mass is 35.5. The van der Waals surface area contributed by atoms with Crippen LogP contribution in [0.4, 0.5) is 11.4 Å². The molecule has 0 heterocycles. The molecule has 0 atom stereocenters. The van der Waals surface area contributed by atoms with Gasteiger partial charge in [-0.15, -0.1) is 0 Å². The Kier molecular flexibility index (Phi) is 4.37. The van der Waals surface area contributed by atoms with Crippen molar-refractivity contribution in [2.75, 3.05) is 18.2 Å². The second-order valence-corrected chi connectivity index (χ2v) is 4.94. The fourth-order valence-electron chi connectivity index (χ4n) is 1.72. The Balaban J connectivity index is 2.29. The highest BCUT2D eigenvalue weighted by Crippen LogP contribution is 2.28. The number of methoxy groups -OCH3 is 1. The van der Waals surface area contributed by atoms with Crippen LogP contribution in [0.5, 0.6) is 5.75 Å². The van der Waals surface area contributed by atoms with Gasteiger partial charge in [0.25, 0.3) is 5.91 Å². The summed E-state index contributed by atoms with van der Waals surface area (Å²) in [6.07, 6.45) is 0. The van der Waals surface area contributed by atoms with E-state index in [4.69, 9.17) is 33.7 Å². The third kappa shape index (κ3) is 3.35. The van der Waals surface area contributed by atoms with E-state index < -0.39 is 0 Å². The third-order valence-corrected chi connectivity index (χ3v) is 3.05. The lowest BCUT2D eigenvalue weighted by Crippen LogP contribution is -2.13. The van der Waals surface area contributed by atoms with Crippen molar-refractivity contribution in [3.05, 3.63) is 52.0 Å². The average molecular weight is 311 g/mol. The number of benzene rings is 2. The molecule has 0 aliphatic carbocycles. The first-order valence-corrected chi connectivity index (χ1v) is 6.46. The summed E-state index contributed by atoms with van der Waals surface area (Å²) in [4.78, 5) is 12.2. The Bertz CT molecular complexity index is 639. The van der Waals surface area contributed by atoms with Crippen molar-refractivity contribution in [2.24, 2.45) is 0 Å². The summed E-state index contributed by atoms with van der Waals surface area (Å²) in [7, 11) is 1.51. The SMILES string of the molecule is COc1ccc(Cl)cc1NC(=O)c1cc(N)cc(Cl)c1. The molecular weight excluding hydrogens is 299 g/mol. The van der Waals surface area contributed by atoms with E-state index in [0.717, 1.165) is 0 Å². The lowest BCUT2D eigenvalue weighted by molar-refractivity contribution is 0.102. The first-order chi connectivity index (χ1) is 9.49. The molecule has 2 rings (SSSR count). The van der Waals surface area contributed by atoms with Crippen molar-refractivity contribution in [1.29, 1.82) is 0 Å². The Morgan fingerprint density at radius 1 is 1.15 bits per heavy atom. The number of nitrogens with one attached hydrogen (secondary N) is 1. The fraction of sp³-hybridized carbons (Fsp3) is 0.0714. The summed E-state index contributed by atoms with van der Waals surface area (Å²) in [6, 6.07) is 9.59. The van der Waals surface area contributed by atoms with Gasteiger partial charge in [-0.1, -0.05) is 23.2 Å². The van der Waals surface area contributed by atoms with Crippen molar-refractivity contribution in [3.8, 4) is 5.75 Å². The van der Waals surface area contributed by atoms with Gasteiger partial charge in [-0.3, -0.25) is 4.79 Å². The van der Waals surface area contributed by atoms with Crippen LogP contribution in [0, 0.1) is 0 Å².